The molecule has 0 N–H and O–H groups in total. The van der Waals surface area contributed by atoms with E-state index in [0.29, 0.717) is 5.33 Å². The molecule has 2 aromatic rings. The van der Waals surface area contributed by atoms with E-state index < -0.39 is 0 Å². The zero-order chi connectivity index (χ0) is 15.8. The van der Waals surface area contributed by atoms with Crippen LogP contribution in [0.5, 0.6) is 0 Å². The molecule has 110 valence electrons. The topological polar surface area (TPSA) is 34.1 Å². The van der Waals surface area contributed by atoms with Crippen molar-refractivity contribution < 1.29 is 9.59 Å². The molecule has 0 saturated heterocycles. The highest BCUT2D eigenvalue weighted by Gasteiger charge is 2.05. The molecule has 0 heterocycles. The van der Waals surface area contributed by atoms with Crippen LogP contribution in [-0.4, -0.2) is 16.9 Å². The summed E-state index contributed by atoms with van der Waals surface area (Å²) in [6.45, 7) is 1.56. The molecule has 0 fully saturated rings. The van der Waals surface area contributed by atoms with Gasteiger partial charge in [0.15, 0.2) is 11.6 Å². The molecule has 0 bridgehead atoms. The maximum atomic E-state index is 11.2. The zero-order valence-electron chi connectivity index (χ0n) is 11.3. The van der Waals surface area contributed by atoms with Crippen LogP contribution in [0.15, 0.2) is 57.5 Å². The van der Waals surface area contributed by atoms with Crippen molar-refractivity contribution in [3.63, 3.8) is 0 Å². The van der Waals surface area contributed by atoms with Crippen LogP contribution in [-0.2, 0) is 0 Å². The highest BCUT2D eigenvalue weighted by Crippen LogP contribution is 2.17. The minimum atomic E-state index is 0.0903. The van der Waals surface area contributed by atoms with E-state index in [9.17, 15) is 9.59 Å². The van der Waals surface area contributed by atoms with Crippen molar-refractivity contribution in [3.05, 3.63) is 68.6 Å². The van der Waals surface area contributed by atoms with E-state index in [4.69, 9.17) is 0 Å². The van der Waals surface area contributed by atoms with Gasteiger partial charge in [-0.05, 0) is 19.1 Å². The Morgan fingerprint density at radius 3 is 1.62 bits per heavy atom. The van der Waals surface area contributed by atoms with Crippen molar-refractivity contribution in [1.82, 2.24) is 0 Å². The molecular weight excluding hydrogens is 464 g/mol. The van der Waals surface area contributed by atoms with E-state index in [1.165, 1.54) is 0 Å². The number of alkyl halides is 1. The Morgan fingerprint density at radius 2 is 1.29 bits per heavy atom. The lowest BCUT2D eigenvalue weighted by Crippen LogP contribution is -1.99. The SMILES string of the molecule is CC(=O)c1ccccc1Br.O=C(CBr)c1ccccc1Br. The molecule has 0 amide bonds. The van der Waals surface area contributed by atoms with Gasteiger partial charge in [0.25, 0.3) is 0 Å². The van der Waals surface area contributed by atoms with Gasteiger partial charge in [0.1, 0.15) is 0 Å². The molecule has 0 saturated carbocycles. The number of hydrogen-bond donors (Lipinski definition) is 0. The number of rotatable bonds is 3. The average molecular weight is 477 g/mol. The van der Waals surface area contributed by atoms with Crippen molar-refractivity contribution in [2.45, 2.75) is 6.92 Å². The number of benzene rings is 2. The summed E-state index contributed by atoms with van der Waals surface area (Å²) in [5.74, 6) is 0.185. The molecule has 0 atom stereocenters. The van der Waals surface area contributed by atoms with Gasteiger partial charge in [-0.15, -0.1) is 0 Å². The second-order valence-electron chi connectivity index (χ2n) is 4.07. The molecule has 2 nitrogen and oxygen atoms in total. The molecule has 0 aliphatic rings. The first kappa shape index (κ1) is 18.3. The van der Waals surface area contributed by atoms with Crippen molar-refractivity contribution in [2.75, 3.05) is 5.33 Å². The van der Waals surface area contributed by atoms with Gasteiger partial charge in [-0.25, -0.2) is 0 Å². The molecule has 0 spiro atoms. The van der Waals surface area contributed by atoms with E-state index in [1.54, 1.807) is 19.1 Å². The van der Waals surface area contributed by atoms with E-state index in [1.807, 2.05) is 36.4 Å². The molecule has 2 aromatic carbocycles. The minimum Gasteiger partial charge on any atom is -0.294 e. The van der Waals surface area contributed by atoms with E-state index in [0.717, 1.165) is 20.1 Å². The molecule has 0 aliphatic heterocycles. The van der Waals surface area contributed by atoms with Gasteiger partial charge in [-0.2, -0.15) is 0 Å². The first-order valence-electron chi connectivity index (χ1n) is 6.06. The standard InChI is InChI=1S/C8H6Br2O.C8H7BrO/c9-5-8(11)6-3-1-2-4-7(6)10;1-6(10)7-4-2-3-5-8(7)9/h1-4H,5H2;2-5H,1H3. The number of Topliss-reactive ketones (excluding diaryl/α,β-unsaturated/α-hetero) is 2. The third-order valence-electron chi connectivity index (χ3n) is 2.55. The molecule has 0 aromatic heterocycles. The van der Waals surface area contributed by atoms with Gasteiger partial charge in [-0.3, -0.25) is 9.59 Å². The van der Waals surface area contributed by atoms with Gasteiger partial charge >= 0.3 is 0 Å². The minimum absolute atomic E-state index is 0.0903. The maximum Gasteiger partial charge on any atom is 0.174 e. The smallest absolute Gasteiger partial charge is 0.174 e. The molecule has 0 unspecified atom stereocenters. The van der Waals surface area contributed by atoms with Crippen LogP contribution in [0.3, 0.4) is 0 Å². The molecule has 0 aliphatic carbocycles. The summed E-state index contributed by atoms with van der Waals surface area (Å²) in [6, 6.07) is 14.8. The van der Waals surface area contributed by atoms with Crippen LogP contribution >= 0.6 is 47.8 Å². The van der Waals surface area contributed by atoms with Crippen LogP contribution in [0.1, 0.15) is 27.6 Å². The van der Waals surface area contributed by atoms with Gasteiger partial charge in [0.2, 0.25) is 0 Å². The molecule has 5 heteroatoms. The van der Waals surface area contributed by atoms with Crippen LogP contribution in [0, 0.1) is 0 Å². The Kier molecular flexibility index (Phi) is 8.07. The van der Waals surface area contributed by atoms with E-state index in [-0.39, 0.29) is 11.6 Å². The highest BCUT2D eigenvalue weighted by atomic mass is 79.9. The first-order valence-corrected chi connectivity index (χ1v) is 8.77. The van der Waals surface area contributed by atoms with Crippen LogP contribution in [0.2, 0.25) is 0 Å². The molecule has 21 heavy (non-hydrogen) atoms. The van der Waals surface area contributed by atoms with Crippen molar-refractivity contribution in [3.8, 4) is 0 Å². The highest BCUT2D eigenvalue weighted by molar-refractivity contribution is 9.11. The van der Waals surface area contributed by atoms with Gasteiger partial charge in [0.05, 0.1) is 5.33 Å². The van der Waals surface area contributed by atoms with Crippen LogP contribution in [0.25, 0.3) is 0 Å². The summed E-state index contributed by atoms with van der Waals surface area (Å²) in [5, 5.41) is 0.371. The fraction of sp³-hybridized carbons (Fsp3) is 0.125. The Labute approximate surface area is 149 Å². The lowest BCUT2D eigenvalue weighted by molar-refractivity contribution is 0.101. The lowest BCUT2D eigenvalue weighted by Gasteiger charge is -1.98. The van der Waals surface area contributed by atoms with Gasteiger partial charge in [0, 0.05) is 20.1 Å². The summed E-state index contributed by atoms with van der Waals surface area (Å²) in [5.41, 5.74) is 1.46. The normalized spacial score (nSPS) is 9.52. The number of carbonyl (C=O) groups excluding carboxylic acids is 2. The Balaban J connectivity index is 0.000000211. The third-order valence-corrected chi connectivity index (χ3v) is 4.44. The summed E-state index contributed by atoms with van der Waals surface area (Å²) < 4.78 is 1.71. The van der Waals surface area contributed by atoms with E-state index in [2.05, 4.69) is 47.8 Å². The largest absolute Gasteiger partial charge is 0.294 e. The fourth-order valence-electron chi connectivity index (χ4n) is 1.51. The van der Waals surface area contributed by atoms with Crippen LogP contribution < -0.4 is 0 Å². The maximum absolute atomic E-state index is 11.2. The number of hydrogen-bond acceptors (Lipinski definition) is 2. The second-order valence-corrected chi connectivity index (χ2v) is 6.34. The van der Waals surface area contributed by atoms with Crippen molar-refractivity contribution in [2.24, 2.45) is 0 Å². The van der Waals surface area contributed by atoms with Gasteiger partial charge in [-0.1, -0.05) is 84.2 Å². The number of carbonyl (C=O) groups is 2. The first-order chi connectivity index (χ1) is 9.97. The second kappa shape index (κ2) is 9.28. The Morgan fingerprint density at radius 1 is 0.857 bits per heavy atom. The quantitative estimate of drug-likeness (QED) is 0.422. The zero-order valence-corrected chi connectivity index (χ0v) is 16.0. The van der Waals surface area contributed by atoms with E-state index >= 15 is 0 Å². The predicted octanol–water partition coefficient (Wildman–Crippen LogP) is 5.68. The van der Waals surface area contributed by atoms with Gasteiger partial charge < -0.3 is 0 Å². The predicted molar refractivity (Wildman–Crippen MR) is 96.4 cm³/mol. The molecular formula is C16H13Br3O2. The van der Waals surface area contributed by atoms with Crippen molar-refractivity contribution in [1.29, 1.82) is 0 Å². The van der Waals surface area contributed by atoms with Crippen LogP contribution in [0.4, 0.5) is 0 Å². The molecule has 0 radical (unpaired) electrons. The summed E-state index contributed by atoms with van der Waals surface area (Å²) >= 11 is 9.69. The fourth-order valence-corrected chi connectivity index (χ4v) is 2.88. The Hall–Kier alpha value is -0.780. The lowest BCUT2D eigenvalue weighted by atomic mass is 10.2. The summed E-state index contributed by atoms with van der Waals surface area (Å²) in [6.07, 6.45) is 0. The Bertz CT molecular complexity index is 639. The average Bonchev–Trinajstić information content (AvgIpc) is 2.48. The number of ketones is 2. The van der Waals surface area contributed by atoms with Crippen molar-refractivity contribution >= 4 is 59.4 Å². The monoisotopic (exact) mass is 474 g/mol. The summed E-state index contributed by atoms with van der Waals surface area (Å²) in [4.78, 5) is 22.0. The third kappa shape index (κ3) is 5.85. The summed E-state index contributed by atoms with van der Waals surface area (Å²) in [7, 11) is 0. The molecule has 2 rings (SSSR count). The number of halogens is 3.